The summed E-state index contributed by atoms with van der Waals surface area (Å²) in [6.07, 6.45) is -0.421. The lowest BCUT2D eigenvalue weighted by atomic mass is 9.91. The van der Waals surface area contributed by atoms with Crippen molar-refractivity contribution in [3.05, 3.63) is 0 Å². The van der Waals surface area contributed by atoms with E-state index in [0.29, 0.717) is 0 Å². The molecule has 0 amide bonds. The summed E-state index contributed by atoms with van der Waals surface area (Å²) in [7, 11) is 0. The maximum absolute atomic E-state index is 11.3. The van der Waals surface area contributed by atoms with Gasteiger partial charge in [-0.3, -0.25) is 14.4 Å². The lowest BCUT2D eigenvalue weighted by Gasteiger charge is -2.16. The third-order valence-electron chi connectivity index (χ3n) is 2.27. The molecule has 0 rings (SSSR count). The summed E-state index contributed by atoms with van der Waals surface area (Å²) in [5.74, 6) is -5.46. The molecule has 2 atom stereocenters. The Morgan fingerprint density at radius 1 is 1.06 bits per heavy atom. The van der Waals surface area contributed by atoms with Crippen molar-refractivity contribution in [2.45, 2.75) is 27.2 Å². The highest BCUT2D eigenvalue weighted by molar-refractivity contribution is 5.84. The highest BCUT2D eigenvalue weighted by Gasteiger charge is 2.32. The lowest BCUT2D eigenvalue weighted by Crippen LogP contribution is -2.30. The molecule has 0 aliphatic heterocycles. The van der Waals surface area contributed by atoms with Crippen molar-refractivity contribution >= 4 is 17.9 Å². The van der Waals surface area contributed by atoms with Gasteiger partial charge in [-0.05, 0) is 5.92 Å². The molecular formula is C11H18O6. The molecule has 2 unspecified atom stereocenters. The summed E-state index contributed by atoms with van der Waals surface area (Å²) in [6, 6.07) is 0. The Labute approximate surface area is 99.6 Å². The van der Waals surface area contributed by atoms with Crippen molar-refractivity contribution in [2.24, 2.45) is 17.8 Å². The summed E-state index contributed by atoms with van der Waals surface area (Å²) in [4.78, 5) is 32.8. The van der Waals surface area contributed by atoms with E-state index in [1.54, 1.807) is 0 Å². The summed E-state index contributed by atoms with van der Waals surface area (Å²) in [5.41, 5.74) is 0. The van der Waals surface area contributed by atoms with Crippen LogP contribution in [-0.4, -0.2) is 34.7 Å². The molecule has 6 heteroatoms. The molecule has 0 saturated heterocycles. The monoisotopic (exact) mass is 246 g/mol. The predicted molar refractivity (Wildman–Crippen MR) is 58.3 cm³/mol. The predicted octanol–water partition coefficient (Wildman–Crippen LogP) is 0.997. The van der Waals surface area contributed by atoms with Gasteiger partial charge in [0.05, 0.1) is 24.9 Å². The Morgan fingerprint density at radius 3 is 1.94 bits per heavy atom. The minimum atomic E-state index is -1.30. The van der Waals surface area contributed by atoms with Gasteiger partial charge in [0.15, 0.2) is 0 Å². The number of carboxylic acids is 2. The smallest absolute Gasteiger partial charge is 0.307 e. The number of hydrogen-bond donors (Lipinski definition) is 2. The van der Waals surface area contributed by atoms with Gasteiger partial charge in [0.2, 0.25) is 0 Å². The van der Waals surface area contributed by atoms with Crippen LogP contribution in [0.15, 0.2) is 0 Å². The molecule has 0 fully saturated rings. The first-order valence-corrected chi connectivity index (χ1v) is 5.37. The summed E-state index contributed by atoms with van der Waals surface area (Å²) < 4.78 is 4.82. The number of carbonyl (C=O) groups excluding carboxylic acids is 1. The highest BCUT2D eigenvalue weighted by atomic mass is 16.5. The van der Waals surface area contributed by atoms with E-state index in [4.69, 9.17) is 14.9 Å². The molecule has 2 N–H and O–H groups in total. The van der Waals surface area contributed by atoms with Crippen LogP contribution in [0.3, 0.4) is 0 Å². The zero-order valence-electron chi connectivity index (χ0n) is 10.2. The molecule has 0 heterocycles. The van der Waals surface area contributed by atoms with Gasteiger partial charge in [-0.1, -0.05) is 20.8 Å². The third kappa shape index (κ3) is 5.89. The Kier molecular flexibility index (Phi) is 6.23. The lowest BCUT2D eigenvalue weighted by molar-refractivity contribution is -0.158. The zero-order valence-corrected chi connectivity index (χ0v) is 10.2. The number of rotatable bonds is 7. The van der Waals surface area contributed by atoms with Crippen LogP contribution < -0.4 is 0 Å². The van der Waals surface area contributed by atoms with Crippen LogP contribution in [0.25, 0.3) is 0 Å². The first-order chi connectivity index (χ1) is 7.75. The maximum atomic E-state index is 11.3. The highest BCUT2D eigenvalue weighted by Crippen LogP contribution is 2.17. The summed E-state index contributed by atoms with van der Waals surface area (Å²) in [5, 5.41) is 17.6. The second-order valence-corrected chi connectivity index (χ2v) is 4.35. The van der Waals surface area contributed by atoms with Crippen molar-refractivity contribution in [2.75, 3.05) is 6.61 Å². The standard InChI is InChI=1S/C11H18O6/c1-6(2)5-17-9(12)4-8(11(15)16)7(3)10(13)14/h6-8H,4-5H2,1-3H3,(H,13,14)(H,15,16). The fourth-order valence-corrected chi connectivity index (χ4v) is 1.15. The van der Waals surface area contributed by atoms with Gasteiger partial charge in [-0.2, -0.15) is 0 Å². The largest absolute Gasteiger partial charge is 0.481 e. The molecule has 0 aromatic carbocycles. The van der Waals surface area contributed by atoms with Gasteiger partial charge in [-0.25, -0.2) is 0 Å². The third-order valence-corrected chi connectivity index (χ3v) is 2.27. The molecule has 17 heavy (non-hydrogen) atoms. The van der Waals surface area contributed by atoms with E-state index in [9.17, 15) is 14.4 Å². The van der Waals surface area contributed by atoms with Crippen LogP contribution in [-0.2, 0) is 19.1 Å². The van der Waals surface area contributed by atoms with Crippen molar-refractivity contribution in [3.8, 4) is 0 Å². The van der Waals surface area contributed by atoms with E-state index in [1.165, 1.54) is 6.92 Å². The quantitative estimate of drug-likeness (QED) is 0.650. The molecule has 0 bridgehead atoms. The fourth-order valence-electron chi connectivity index (χ4n) is 1.15. The van der Waals surface area contributed by atoms with E-state index in [0.717, 1.165) is 0 Å². The van der Waals surface area contributed by atoms with Crippen molar-refractivity contribution in [1.82, 2.24) is 0 Å². The zero-order chi connectivity index (χ0) is 13.6. The van der Waals surface area contributed by atoms with E-state index in [2.05, 4.69) is 0 Å². The molecule has 0 aliphatic rings. The van der Waals surface area contributed by atoms with Crippen molar-refractivity contribution in [3.63, 3.8) is 0 Å². The van der Waals surface area contributed by atoms with Gasteiger partial charge in [-0.15, -0.1) is 0 Å². The van der Waals surface area contributed by atoms with Crippen LogP contribution in [0.5, 0.6) is 0 Å². The average molecular weight is 246 g/mol. The van der Waals surface area contributed by atoms with Crippen LogP contribution in [0.2, 0.25) is 0 Å². The van der Waals surface area contributed by atoms with E-state index < -0.39 is 36.2 Å². The molecule has 0 aliphatic carbocycles. The average Bonchev–Trinajstić information content (AvgIpc) is 2.21. The topological polar surface area (TPSA) is 101 Å². The molecule has 0 aromatic rings. The van der Waals surface area contributed by atoms with E-state index >= 15 is 0 Å². The molecule has 0 spiro atoms. The Bertz CT molecular complexity index is 296. The number of esters is 1. The van der Waals surface area contributed by atoms with Crippen molar-refractivity contribution < 1.29 is 29.3 Å². The summed E-state index contributed by atoms with van der Waals surface area (Å²) in [6.45, 7) is 5.16. The Morgan fingerprint density at radius 2 is 1.59 bits per heavy atom. The van der Waals surface area contributed by atoms with Crippen LogP contribution in [0.4, 0.5) is 0 Å². The molecule has 0 radical (unpaired) electrons. The molecule has 0 saturated carbocycles. The molecule has 6 nitrogen and oxygen atoms in total. The van der Waals surface area contributed by atoms with Gasteiger partial charge in [0.25, 0.3) is 0 Å². The minimum Gasteiger partial charge on any atom is -0.481 e. The van der Waals surface area contributed by atoms with Gasteiger partial charge in [0.1, 0.15) is 0 Å². The fraction of sp³-hybridized carbons (Fsp3) is 0.727. The SMILES string of the molecule is CC(C)COC(=O)CC(C(=O)O)C(C)C(=O)O. The second-order valence-electron chi connectivity index (χ2n) is 4.35. The molecular weight excluding hydrogens is 228 g/mol. The first kappa shape index (κ1) is 15.4. The number of hydrogen-bond acceptors (Lipinski definition) is 4. The van der Waals surface area contributed by atoms with Crippen LogP contribution >= 0.6 is 0 Å². The second kappa shape index (κ2) is 6.88. The van der Waals surface area contributed by atoms with Gasteiger partial charge >= 0.3 is 17.9 Å². The van der Waals surface area contributed by atoms with Crippen LogP contribution in [0.1, 0.15) is 27.2 Å². The van der Waals surface area contributed by atoms with Crippen LogP contribution in [0, 0.1) is 17.8 Å². The number of aliphatic carboxylic acids is 2. The molecule has 0 aromatic heterocycles. The summed E-state index contributed by atoms with van der Waals surface area (Å²) >= 11 is 0. The Hall–Kier alpha value is -1.59. The normalized spacial score (nSPS) is 14.1. The number of carboxylic acid groups (broad SMARTS) is 2. The Balaban J connectivity index is 4.41. The number of ether oxygens (including phenoxy) is 1. The first-order valence-electron chi connectivity index (χ1n) is 5.37. The van der Waals surface area contributed by atoms with Gasteiger partial charge in [0, 0.05) is 0 Å². The van der Waals surface area contributed by atoms with Gasteiger partial charge < -0.3 is 14.9 Å². The maximum Gasteiger partial charge on any atom is 0.307 e. The van der Waals surface area contributed by atoms with Crippen molar-refractivity contribution in [1.29, 1.82) is 0 Å². The van der Waals surface area contributed by atoms with E-state index in [1.807, 2.05) is 13.8 Å². The minimum absolute atomic E-state index is 0.152. The molecule has 98 valence electrons. The number of carbonyl (C=O) groups is 3. The van der Waals surface area contributed by atoms with E-state index in [-0.39, 0.29) is 12.5 Å².